The summed E-state index contributed by atoms with van der Waals surface area (Å²) in [6.45, 7) is 5.02. The number of rotatable bonds is 4. The number of nitrogens with zero attached hydrogens (tertiary/aromatic N) is 1. The highest BCUT2D eigenvalue weighted by molar-refractivity contribution is 7.10. The van der Waals surface area contributed by atoms with Crippen molar-refractivity contribution >= 4 is 11.3 Å². The number of hydrogen-bond acceptors (Lipinski definition) is 3. The summed E-state index contributed by atoms with van der Waals surface area (Å²) in [5, 5.41) is 6.01. The molecule has 1 N–H and O–H groups in total. The van der Waals surface area contributed by atoms with Gasteiger partial charge in [0.1, 0.15) is 0 Å². The van der Waals surface area contributed by atoms with Gasteiger partial charge >= 0.3 is 0 Å². The van der Waals surface area contributed by atoms with Crippen LogP contribution >= 0.6 is 11.3 Å². The summed E-state index contributed by atoms with van der Waals surface area (Å²) >= 11 is 1.94. The standard InChI is InChI=1S/C14H22N2S/c1-2-9-16(8-1)10-7-15-13-4-3-5-14-12(13)6-11-17-14/h6,11,13,15H,1-5,7-10H2. The minimum atomic E-state index is 0.632. The van der Waals surface area contributed by atoms with Crippen LogP contribution in [0.4, 0.5) is 0 Å². The van der Waals surface area contributed by atoms with E-state index in [1.54, 1.807) is 10.4 Å². The number of thiophene rings is 1. The normalized spacial score (nSPS) is 25.1. The molecule has 17 heavy (non-hydrogen) atoms. The Kier molecular flexibility index (Phi) is 3.79. The van der Waals surface area contributed by atoms with Gasteiger partial charge in [-0.05, 0) is 62.2 Å². The van der Waals surface area contributed by atoms with Crippen molar-refractivity contribution in [2.75, 3.05) is 26.2 Å². The summed E-state index contributed by atoms with van der Waals surface area (Å²) in [5.41, 5.74) is 1.59. The summed E-state index contributed by atoms with van der Waals surface area (Å²) in [6, 6.07) is 2.96. The highest BCUT2D eigenvalue weighted by atomic mass is 32.1. The van der Waals surface area contributed by atoms with Crippen LogP contribution in [0.1, 0.15) is 42.2 Å². The summed E-state index contributed by atoms with van der Waals surface area (Å²) in [6.07, 6.45) is 6.78. The van der Waals surface area contributed by atoms with Gasteiger partial charge in [-0.2, -0.15) is 0 Å². The van der Waals surface area contributed by atoms with Crippen molar-refractivity contribution < 1.29 is 0 Å². The third kappa shape index (κ3) is 2.72. The molecule has 94 valence electrons. The molecule has 1 aromatic heterocycles. The number of aryl methyl sites for hydroxylation is 1. The zero-order valence-electron chi connectivity index (χ0n) is 10.5. The molecule has 2 heterocycles. The van der Waals surface area contributed by atoms with Gasteiger partial charge in [-0.25, -0.2) is 0 Å². The molecule has 1 aliphatic heterocycles. The fraction of sp³-hybridized carbons (Fsp3) is 0.714. The minimum absolute atomic E-state index is 0.632. The lowest BCUT2D eigenvalue weighted by Crippen LogP contribution is -2.33. The molecule has 2 nitrogen and oxygen atoms in total. The average molecular weight is 250 g/mol. The molecule has 3 rings (SSSR count). The average Bonchev–Trinajstić information content (AvgIpc) is 2.99. The van der Waals surface area contributed by atoms with E-state index in [2.05, 4.69) is 21.7 Å². The van der Waals surface area contributed by atoms with Crippen LogP contribution in [0.3, 0.4) is 0 Å². The number of fused-ring (bicyclic) bond motifs is 1. The molecule has 0 saturated carbocycles. The van der Waals surface area contributed by atoms with Crippen LogP contribution in [0.15, 0.2) is 11.4 Å². The molecule has 1 aliphatic carbocycles. The van der Waals surface area contributed by atoms with Crippen molar-refractivity contribution in [2.45, 2.75) is 38.1 Å². The van der Waals surface area contributed by atoms with E-state index in [1.165, 1.54) is 51.7 Å². The molecule has 1 atom stereocenters. The monoisotopic (exact) mass is 250 g/mol. The quantitative estimate of drug-likeness (QED) is 0.884. The van der Waals surface area contributed by atoms with Crippen LogP contribution < -0.4 is 5.32 Å². The third-order valence-electron chi connectivity index (χ3n) is 4.07. The first-order valence-electron chi connectivity index (χ1n) is 6.95. The maximum Gasteiger partial charge on any atom is 0.0331 e. The Morgan fingerprint density at radius 2 is 2.18 bits per heavy atom. The fourth-order valence-corrected chi connectivity index (χ4v) is 4.09. The summed E-state index contributed by atoms with van der Waals surface area (Å²) in [4.78, 5) is 4.21. The van der Waals surface area contributed by atoms with E-state index in [1.807, 2.05) is 11.3 Å². The van der Waals surface area contributed by atoms with Crippen molar-refractivity contribution in [3.05, 3.63) is 21.9 Å². The second kappa shape index (κ2) is 5.51. The van der Waals surface area contributed by atoms with E-state index < -0.39 is 0 Å². The van der Waals surface area contributed by atoms with Crippen molar-refractivity contribution in [2.24, 2.45) is 0 Å². The van der Waals surface area contributed by atoms with Crippen molar-refractivity contribution in [1.29, 1.82) is 0 Å². The van der Waals surface area contributed by atoms with Crippen LogP contribution in [-0.4, -0.2) is 31.1 Å². The first-order valence-corrected chi connectivity index (χ1v) is 7.83. The van der Waals surface area contributed by atoms with Gasteiger partial charge in [0.05, 0.1) is 0 Å². The first-order chi connectivity index (χ1) is 8.43. The second-order valence-corrected chi connectivity index (χ2v) is 6.25. The molecule has 1 aromatic rings. The summed E-state index contributed by atoms with van der Waals surface area (Å²) in [5.74, 6) is 0. The van der Waals surface area contributed by atoms with Gasteiger partial charge in [-0.3, -0.25) is 0 Å². The van der Waals surface area contributed by atoms with E-state index in [0.29, 0.717) is 6.04 Å². The number of hydrogen-bond donors (Lipinski definition) is 1. The highest BCUT2D eigenvalue weighted by Gasteiger charge is 2.20. The second-order valence-electron chi connectivity index (χ2n) is 5.25. The third-order valence-corrected chi connectivity index (χ3v) is 5.07. The zero-order chi connectivity index (χ0) is 11.5. The smallest absolute Gasteiger partial charge is 0.0331 e. The lowest BCUT2D eigenvalue weighted by molar-refractivity contribution is 0.322. The van der Waals surface area contributed by atoms with Gasteiger partial charge in [-0.15, -0.1) is 11.3 Å². The van der Waals surface area contributed by atoms with Gasteiger partial charge in [0.15, 0.2) is 0 Å². The zero-order valence-corrected chi connectivity index (χ0v) is 11.3. The largest absolute Gasteiger partial charge is 0.309 e. The maximum atomic E-state index is 3.76. The van der Waals surface area contributed by atoms with Gasteiger partial charge in [0.25, 0.3) is 0 Å². The van der Waals surface area contributed by atoms with E-state index in [-0.39, 0.29) is 0 Å². The molecule has 3 heteroatoms. The summed E-state index contributed by atoms with van der Waals surface area (Å²) < 4.78 is 0. The Balaban J connectivity index is 1.49. The lowest BCUT2D eigenvalue weighted by atomic mass is 9.94. The van der Waals surface area contributed by atoms with Crippen molar-refractivity contribution in [1.82, 2.24) is 10.2 Å². The fourth-order valence-electron chi connectivity index (χ4n) is 3.10. The molecule has 0 bridgehead atoms. The van der Waals surface area contributed by atoms with Gasteiger partial charge in [0, 0.05) is 24.0 Å². The summed E-state index contributed by atoms with van der Waals surface area (Å²) in [7, 11) is 0. The maximum absolute atomic E-state index is 3.76. The van der Waals surface area contributed by atoms with E-state index in [9.17, 15) is 0 Å². The molecule has 2 aliphatic rings. The predicted octanol–water partition coefficient (Wildman–Crippen LogP) is 2.81. The molecule has 1 saturated heterocycles. The molecule has 0 spiro atoms. The van der Waals surface area contributed by atoms with Crippen molar-refractivity contribution in [3.8, 4) is 0 Å². The molecular formula is C14H22N2S. The SMILES string of the molecule is c1cc2c(s1)CCCC2NCCN1CCCC1. The Hall–Kier alpha value is -0.380. The van der Waals surface area contributed by atoms with Gasteiger partial charge < -0.3 is 10.2 Å². The van der Waals surface area contributed by atoms with Crippen molar-refractivity contribution in [3.63, 3.8) is 0 Å². The van der Waals surface area contributed by atoms with Crippen LogP contribution in [0.5, 0.6) is 0 Å². The lowest BCUT2D eigenvalue weighted by Gasteiger charge is -2.25. The molecular weight excluding hydrogens is 228 g/mol. The van der Waals surface area contributed by atoms with Crippen LogP contribution in [-0.2, 0) is 6.42 Å². The van der Waals surface area contributed by atoms with E-state index >= 15 is 0 Å². The van der Waals surface area contributed by atoms with Crippen LogP contribution in [0.2, 0.25) is 0 Å². The minimum Gasteiger partial charge on any atom is -0.309 e. The van der Waals surface area contributed by atoms with Gasteiger partial charge in [0.2, 0.25) is 0 Å². The first kappa shape index (κ1) is 11.7. The van der Waals surface area contributed by atoms with E-state index in [4.69, 9.17) is 0 Å². The molecule has 0 aromatic carbocycles. The number of likely N-dealkylation sites (tertiary alicyclic amines) is 1. The van der Waals surface area contributed by atoms with E-state index in [0.717, 1.165) is 6.54 Å². The van der Waals surface area contributed by atoms with Gasteiger partial charge in [-0.1, -0.05) is 0 Å². The highest BCUT2D eigenvalue weighted by Crippen LogP contribution is 2.32. The number of nitrogens with one attached hydrogen (secondary N) is 1. The Bertz CT molecular complexity index is 355. The Morgan fingerprint density at radius 3 is 3.06 bits per heavy atom. The predicted molar refractivity (Wildman–Crippen MR) is 73.7 cm³/mol. The molecule has 0 amide bonds. The molecule has 0 radical (unpaired) electrons. The topological polar surface area (TPSA) is 15.3 Å². The van der Waals surface area contributed by atoms with Crippen LogP contribution in [0.25, 0.3) is 0 Å². The molecule has 1 unspecified atom stereocenters. The Labute approximate surface area is 108 Å². The van der Waals surface area contributed by atoms with Crippen LogP contribution in [0, 0.1) is 0 Å². The Morgan fingerprint density at radius 1 is 1.29 bits per heavy atom. The molecule has 1 fully saturated rings.